The Kier molecular flexibility index (Phi) is 11.6. The number of ether oxygens (including phenoxy) is 2. The van der Waals surface area contributed by atoms with Crippen LogP contribution in [0.3, 0.4) is 0 Å². The summed E-state index contributed by atoms with van der Waals surface area (Å²) in [5.41, 5.74) is 3.43. The van der Waals surface area contributed by atoms with Gasteiger partial charge in [-0.25, -0.2) is 14.8 Å². The molecule has 1 aliphatic rings. The van der Waals surface area contributed by atoms with E-state index in [1.807, 2.05) is 18.3 Å². The first-order valence-corrected chi connectivity index (χ1v) is 16.4. The van der Waals surface area contributed by atoms with Crippen LogP contribution in [-0.4, -0.2) is 101 Å². The number of nitrogens with zero attached hydrogens (tertiary/aromatic N) is 4. The quantitative estimate of drug-likeness (QED) is 0.111. The lowest BCUT2D eigenvalue weighted by molar-refractivity contribution is -0.146. The van der Waals surface area contributed by atoms with E-state index in [9.17, 15) is 14.4 Å². The first kappa shape index (κ1) is 33.0. The molecule has 0 radical (unpaired) electrons. The van der Waals surface area contributed by atoms with Crippen molar-refractivity contribution >= 4 is 46.0 Å². The number of carbonyl (C=O) groups excluding carboxylic acids is 3. The fourth-order valence-electron chi connectivity index (χ4n) is 5.35. The minimum atomic E-state index is -1.10. The second kappa shape index (κ2) is 16.2. The van der Waals surface area contributed by atoms with E-state index in [1.54, 1.807) is 31.4 Å². The highest BCUT2D eigenvalue weighted by Gasteiger charge is 2.26. The summed E-state index contributed by atoms with van der Waals surface area (Å²) in [6.07, 6.45) is 4.19. The van der Waals surface area contributed by atoms with Crippen LogP contribution in [0.4, 0.5) is 5.95 Å². The lowest BCUT2D eigenvalue weighted by atomic mass is 10.1. The average Bonchev–Trinajstić information content (AvgIpc) is 3.77. The molecule has 4 heterocycles. The molecule has 14 heteroatoms. The first-order valence-electron chi connectivity index (χ1n) is 15.5. The van der Waals surface area contributed by atoms with Crippen molar-refractivity contribution in [2.75, 3.05) is 57.9 Å². The summed E-state index contributed by atoms with van der Waals surface area (Å²) >= 11 is 1.29. The number of thiophene rings is 1. The zero-order chi connectivity index (χ0) is 32.3. The van der Waals surface area contributed by atoms with E-state index in [2.05, 4.69) is 47.1 Å². The van der Waals surface area contributed by atoms with E-state index in [4.69, 9.17) is 9.47 Å². The maximum atomic E-state index is 13.5. The maximum absolute atomic E-state index is 13.5. The molecule has 0 bridgehead atoms. The van der Waals surface area contributed by atoms with Gasteiger partial charge >= 0.3 is 5.97 Å². The summed E-state index contributed by atoms with van der Waals surface area (Å²) < 4.78 is 10.9. The molecule has 13 nitrogen and oxygen atoms in total. The Labute approximate surface area is 271 Å². The number of aromatic amines is 1. The van der Waals surface area contributed by atoms with Crippen molar-refractivity contribution in [1.82, 2.24) is 35.7 Å². The molecule has 5 rings (SSSR count). The number of carbonyl (C=O) groups is 3. The van der Waals surface area contributed by atoms with Gasteiger partial charge in [-0.1, -0.05) is 18.2 Å². The van der Waals surface area contributed by atoms with Crippen molar-refractivity contribution in [3.05, 3.63) is 69.3 Å². The Morgan fingerprint density at radius 3 is 2.63 bits per heavy atom. The van der Waals surface area contributed by atoms with E-state index in [0.29, 0.717) is 48.4 Å². The van der Waals surface area contributed by atoms with Crippen molar-refractivity contribution in [2.24, 2.45) is 0 Å². The highest BCUT2D eigenvalue weighted by Crippen LogP contribution is 2.18. The number of fused-ring (bicyclic) bond motifs is 1. The van der Waals surface area contributed by atoms with Crippen LogP contribution >= 0.6 is 11.3 Å². The molecular formula is C32H40N8O5S. The van der Waals surface area contributed by atoms with Crippen LogP contribution in [-0.2, 0) is 20.7 Å². The molecule has 4 aromatic rings. The molecular weight excluding hydrogens is 608 g/mol. The van der Waals surface area contributed by atoms with Crippen LogP contribution in [0.2, 0.25) is 0 Å². The summed E-state index contributed by atoms with van der Waals surface area (Å²) in [4.78, 5) is 51.0. The van der Waals surface area contributed by atoms with Gasteiger partial charge in [0.1, 0.15) is 6.04 Å². The number of aromatic nitrogens is 4. The van der Waals surface area contributed by atoms with Gasteiger partial charge in [0.05, 0.1) is 53.4 Å². The van der Waals surface area contributed by atoms with Crippen LogP contribution in [0.5, 0.6) is 0 Å². The predicted octanol–water partition coefficient (Wildman–Crippen LogP) is 2.87. The molecule has 1 unspecified atom stereocenters. The number of morpholine rings is 1. The number of amides is 2. The highest BCUT2D eigenvalue weighted by molar-refractivity contribution is 7.12. The molecule has 1 fully saturated rings. The second-order valence-corrected chi connectivity index (χ2v) is 12.0. The SMILES string of the molecule is Cc1nc(NCCCc2cccc3[nH]ncc23)nc(C)c1C(=O)NC(CNC(=O)c1cccs1)C(=O)OCCCN1CCOCC1. The van der Waals surface area contributed by atoms with E-state index in [0.717, 1.165) is 43.4 Å². The van der Waals surface area contributed by atoms with Gasteiger partial charge in [-0.2, -0.15) is 5.10 Å². The van der Waals surface area contributed by atoms with E-state index >= 15 is 0 Å². The smallest absolute Gasteiger partial charge is 0.330 e. The molecule has 3 aromatic heterocycles. The van der Waals surface area contributed by atoms with Gasteiger partial charge in [0.2, 0.25) is 5.95 Å². The lowest BCUT2D eigenvalue weighted by Crippen LogP contribution is -2.49. The zero-order valence-electron chi connectivity index (χ0n) is 26.1. The van der Waals surface area contributed by atoms with E-state index in [-0.39, 0.29) is 24.6 Å². The number of rotatable bonds is 15. The Morgan fingerprint density at radius 1 is 1.07 bits per heavy atom. The molecule has 1 saturated heterocycles. The molecule has 0 spiro atoms. The third-order valence-corrected chi connectivity index (χ3v) is 8.62. The van der Waals surface area contributed by atoms with Crippen molar-refractivity contribution in [3.8, 4) is 0 Å². The molecule has 244 valence electrons. The topological polar surface area (TPSA) is 163 Å². The average molecular weight is 649 g/mol. The Bertz CT molecular complexity index is 1600. The largest absolute Gasteiger partial charge is 0.464 e. The number of nitrogens with one attached hydrogen (secondary N) is 4. The molecule has 2 amide bonds. The third-order valence-electron chi connectivity index (χ3n) is 7.75. The van der Waals surface area contributed by atoms with Gasteiger partial charge in [-0.05, 0) is 56.2 Å². The standard InChI is InChI=1S/C32H40N8O5S/c1-21-28(22(2)37-32(36-21)33-11-4-8-23-7-3-9-25-24(23)19-35-39-25)30(42)38-26(20-34-29(41)27-10-5-18-46-27)31(43)45-15-6-12-40-13-16-44-17-14-40/h3,5,7,9-10,18-19,26H,4,6,8,11-17,20H2,1-2H3,(H,34,41)(H,35,39)(H,38,42)(H,33,36,37). The minimum absolute atomic E-state index is 0.129. The van der Waals surface area contributed by atoms with E-state index < -0.39 is 17.9 Å². The number of esters is 1. The van der Waals surface area contributed by atoms with Gasteiger partial charge in [0.25, 0.3) is 11.8 Å². The molecule has 1 aliphatic heterocycles. The maximum Gasteiger partial charge on any atom is 0.330 e. The number of anilines is 1. The Balaban J connectivity index is 1.17. The van der Waals surface area contributed by atoms with Crippen molar-refractivity contribution in [2.45, 2.75) is 39.2 Å². The molecule has 0 saturated carbocycles. The predicted molar refractivity (Wildman–Crippen MR) is 175 cm³/mol. The lowest BCUT2D eigenvalue weighted by Gasteiger charge is -2.26. The molecule has 1 atom stereocenters. The molecule has 0 aliphatic carbocycles. The summed E-state index contributed by atoms with van der Waals surface area (Å²) in [6, 6.07) is 8.47. The third kappa shape index (κ3) is 8.86. The molecule has 1 aromatic carbocycles. The van der Waals surface area contributed by atoms with Crippen molar-refractivity contribution < 1.29 is 23.9 Å². The summed E-state index contributed by atoms with van der Waals surface area (Å²) in [6.45, 7) is 8.02. The van der Waals surface area contributed by atoms with Crippen LogP contribution in [0.1, 0.15) is 49.8 Å². The fourth-order valence-corrected chi connectivity index (χ4v) is 5.99. The van der Waals surface area contributed by atoms with Gasteiger partial charge in [0, 0.05) is 38.1 Å². The number of hydrogen-bond donors (Lipinski definition) is 4. The van der Waals surface area contributed by atoms with Crippen molar-refractivity contribution in [1.29, 1.82) is 0 Å². The fraction of sp³-hybridized carbons (Fsp3) is 0.438. The number of H-pyrrole nitrogens is 1. The second-order valence-electron chi connectivity index (χ2n) is 11.1. The molecule has 46 heavy (non-hydrogen) atoms. The minimum Gasteiger partial charge on any atom is -0.464 e. The normalized spacial score (nSPS) is 14.1. The molecule has 4 N–H and O–H groups in total. The summed E-state index contributed by atoms with van der Waals surface area (Å²) in [5, 5.41) is 18.8. The van der Waals surface area contributed by atoms with Crippen LogP contribution < -0.4 is 16.0 Å². The van der Waals surface area contributed by atoms with E-state index in [1.165, 1.54) is 16.9 Å². The zero-order valence-corrected chi connectivity index (χ0v) is 27.0. The number of aryl methyl sites for hydroxylation is 3. The highest BCUT2D eigenvalue weighted by atomic mass is 32.1. The Hall–Kier alpha value is -4.40. The number of benzene rings is 1. The van der Waals surface area contributed by atoms with Crippen LogP contribution in [0.15, 0.2) is 41.9 Å². The monoisotopic (exact) mass is 648 g/mol. The van der Waals surface area contributed by atoms with Crippen molar-refractivity contribution in [3.63, 3.8) is 0 Å². The van der Waals surface area contributed by atoms with Gasteiger partial charge in [0.15, 0.2) is 0 Å². The van der Waals surface area contributed by atoms with Crippen LogP contribution in [0, 0.1) is 13.8 Å². The van der Waals surface area contributed by atoms with Gasteiger partial charge in [-0.3, -0.25) is 19.6 Å². The Morgan fingerprint density at radius 2 is 1.87 bits per heavy atom. The summed E-state index contributed by atoms with van der Waals surface area (Å²) in [5.74, 6) is -1.05. The van der Waals surface area contributed by atoms with Crippen LogP contribution in [0.25, 0.3) is 10.9 Å². The van der Waals surface area contributed by atoms with Gasteiger partial charge < -0.3 is 25.4 Å². The van der Waals surface area contributed by atoms with Gasteiger partial charge in [-0.15, -0.1) is 11.3 Å². The first-order chi connectivity index (χ1) is 22.4. The summed E-state index contributed by atoms with van der Waals surface area (Å²) in [7, 11) is 0. The number of hydrogen-bond acceptors (Lipinski definition) is 11.